The molecule has 37 heavy (non-hydrogen) atoms. The summed E-state index contributed by atoms with van der Waals surface area (Å²) < 4.78 is 0. The second-order valence-corrected chi connectivity index (χ2v) is 11.1. The van der Waals surface area contributed by atoms with Crippen molar-refractivity contribution in [2.75, 3.05) is 26.2 Å². The molecule has 1 aliphatic rings. The molecule has 1 unspecified atom stereocenters. The minimum absolute atomic E-state index is 0.00911. The molecule has 3 rings (SSSR count). The van der Waals surface area contributed by atoms with Crippen molar-refractivity contribution in [2.24, 2.45) is 0 Å². The Labute approximate surface area is 223 Å². The highest BCUT2D eigenvalue weighted by Gasteiger charge is 2.45. The van der Waals surface area contributed by atoms with Gasteiger partial charge in [-0.15, -0.1) is 0 Å². The lowest BCUT2D eigenvalue weighted by Crippen LogP contribution is -2.34. The number of amides is 1. The van der Waals surface area contributed by atoms with Gasteiger partial charge in [-0.05, 0) is 55.4 Å². The maximum Gasteiger partial charge on any atom is 0.295 e. The standard InChI is InChI=1S/C32H44N2O3/c1-6-8-20-33(21-9-7-2)22-13-23-34-28(24-16-18-26(19-17-24)32(3,4)5)27(30(36)31(34)37)29(35)25-14-11-10-12-15-25/h10-12,14-19,28,35H,6-9,13,20-23H2,1-5H3/b29-27+. The number of benzene rings is 2. The zero-order valence-corrected chi connectivity index (χ0v) is 23.3. The van der Waals surface area contributed by atoms with Crippen molar-refractivity contribution in [1.82, 2.24) is 9.80 Å². The molecule has 0 spiro atoms. The Morgan fingerprint density at radius 2 is 1.43 bits per heavy atom. The predicted molar refractivity (Wildman–Crippen MR) is 151 cm³/mol. The smallest absolute Gasteiger partial charge is 0.295 e. The molecule has 1 aliphatic heterocycles. The Bertz CT molecular complexity index is 1060. The first kappa shape index (κ1) is 28.6. The van der Waals surface area contributed by atoms with Gasteiger partial charge in [-0.2, -0.15) is 0 Å². The average molecular weight is 505 g/mol. The third kappa shape index (κ3) is 7.10. The number of hydrogen-bond donors (Lipinski definition) is 1. The number of Topliss-reactive ketones (excluding diaryl/α,β-unsaturated/α-hetero) is 1. The van der Waals surface area contributed by atoms with Gasteiger partial charge in [0, 0.05) is 12.1 Å². The molecule has 0 aromatic heterocycles. The third-order valence-corrected chi connectivity index (χ3v) is 7.21. The highest BCUT2D eigenvalue weighted by Crippen LogP contribution is 2.40. The summed E-state index contributed by atoms with van der Waals surface area (Å²) in [5.41, 5.74) is 2.73. The molecular weight excluding hydrogens is 460 g/mol. The van der Waals surface area contributed by atoms with Crippen LogP contribution in [0.2, 0.25) is 0 Å². The molecule has 1 heterocycles. The van der Waals surface area contributed by atoms with Crippen LogP contribution in [0.1, 0.15) is 89.5 Å². The van der Waals surface area contributed by atoms with Crippen molar-refractivity contribution in [1.29, 1.82) is 0 Å². The van der Waals surface area contributed by atoms with E-state index in [9.17, 15) is 14.7 Å². The number of rotatable bonds is 12. The van der Waals surface area contributed by atoms with Crippen LogP contribution in [0.15, 0.2) is 60.2 Å². The molecule has 1 saturated heterocycles. The minimum Gasteiger partial charge on any atom is -0.507 e. The second kappa shape index (κ2) is 13.0. The molecule has 1 fully saturated rings. The SMILES string of the molecule is CCCCN(CCCC)CCCN1C(=O)C(=O)/C(=C(/O)c2ccccc2)C1c1ccc(C(C)(C)C)cc1. The summed E-state index contributed by atoms with van der Waals surface area (Å²) >= 11 is 0. The molecule has 0 aliphatic carbocycles. The monoisotopic (exact) mass is 504 g/mol. The normalized spacial score (nSPS) is 17.7. The number of hydrogen-bond acceptors (Lipinski definition) is 4. The maximum atomic E-state index is 13.3. The van der Waals surface area contributed by atoms with Crippen molar-refractivity contribution in [3.8, 4) is 0 Å². The number of carbonyl (C=O) groups excluding carboxylic acids is 2. The van der Waals surface area contributed by atoms with E-state index in [4.69, 9.17) is 0 Å². The molecule has 5 heteroatoms. The molecule has 0 radical (unpaired) electrons. The van der Waals surface area contributed by atoms with Crippen molar-refractivity contribution in [2.45, 2.75) is 78.2 Å². The molecule has 1 atom stereocenters. The Kier molecular flexibility index (Phi) is 10.1. The summed E-state index contributed by atoms with van der Waals surface area (Å²) in [6.45, 7) is 14.4. The van der Waals surface area contributed by atoms with Gasteiger partial charge in [-0.1, -0.05) is 102 Å². The van der Waals surface area contributed by atoms with Gasteiger partial charge < -0.3 is 14.9 Å². The van der Waals surface area contributed by atoms with Crippen LogP contribution in [0.4, 0.5) is 0 Å². The lowest BCUT2D eigenvalue weighted by atomic mass is 9.85. The van der Waals surface area contributed by atoms with Crippen LogP contribution >= 0.6 is 0 Å². The van der Waals surface area contributed by atoms with E-state index < -0.39 is 17.7 Å². The van der Waals surface area contributed by atoms with Gasteiger partial charge in [0.2, 0.25) is 0 Å². The highest BCUT2D eigenvalue weighted by atomic mass is 16.3. The maximum absolute atomic E-state index is 13.3. The first-order chi connectivity index (χ1) is 17.7. The van der Waals surface area contributed by atoms with Gasteiger partial charge in [-0.25, -0.2) is 0 Å². The summed E-state index contributed by atoms with van der Waals surface area (Å²) in [5, 5.41) is 11.2. The van der Waals surface area contributed by atoms with E-state index in [-0.39, 0.29) is 16.7 Å². The number of likely N-dealkylation sites (tertiary alicyclic amines) is 1. The number of carbonyl (C=O) groups is 2. The molecule has 2 aromatic rings. The number of nitrogens with zero attached hydrogens (tertiary/aromatic N) is 2. The van der Waals surface area contributed by atoms with Crippen LogP contribution < -0.4 is 0 Å². The van der Waals surface area contributed by atoms with E-state index in [1.165, 1.54) is 5.56 Å². The number of unbranched alkanes of at least 4 members (excludes halogenated alkanes) is 2. The Morgan fingerprint density at radius 1 is 0.865 bits per heavy atom. The van der Waals surface area contributed by atoms with Gasteiger partial charge in [0.1, 0.15) is 5.76 Å². The molecule has 0 saturated carbocycles. The lowest BCUT2D eigenvalue weighted by Gasteiger charge is -2.28. The van der Waals surface area contributed by atoms with Gasteiger partial charge >= 0.3 is 0 Å². The number of ketones is 1. The summed E-state index contributed by atoms with van der Waals surface area (Å²) in [6, 6.07) is 16.6. The third-order valence-electron chi connectivity index (χ3n) is 7.21. The number of aliphatic hydroxyl groups excluding tert-OH is 1. The molecule has 2 aromatic carbocycles. The van der Waals surface area contributed by atoms with Gasteiger partial charge in [0.05, 0.1) is 11.6 Å². The molecule has 1 N–H and O–H groups in total. The van der Waals surface area contributed by atoms with E-state index >= 15 is 0 Å². The Hall–Kier alpha value is -2.92. The van der Waals surface area contributed by atoms with Crippen molar-refractivity contribution < 1.29 is 14.7 Å². The molecule has 5 nitrogen and oxygen atoms in total. The lowest BCUT2D eigenvalue weighted by molar-refractivity contribution is -0.140. The fraction of sp³-hybridized carbons (Fsp3) is 0.500. The Balaban J connectivity index is 1.93. The number of aliphatic hydroxyl groups is 1. The fourth-order valence-electron chi connectivity index (χ4n) is 4.94. The van der Waals surface area contributed by atoms with Crippen LogP contribution in [-0.4, -0.2) is 52.8 Å². The van der Waals surface area contributed by atoms with Crippen LogP contribution in [-0.2, 0) is 15.0 Å². The van der Waals surface area contributed by atoms with E-state index in [0.717, 1.165) is 57.3 Å². The largest absolute Gasteiger partial charge is 0.507 e. The molecule has 200 valence electrons. The van der Waals surface area contributed by atoms with Crippen molar-refractivity contribution in [3.05, 3.63) is 76.9 Å². The van der Waals surface area contributed by atoms with E-state index in [1.807, 2.05) is 30.3 Å². The van der Waals surface area contributed by atoms with Crippen molar-refractivity contribution >= 4 is 17.4 Å². The van der Waals surface area contributed by atoms with Crippen LogP contribution in [0.3, 0.4) is 0 Å². The topological polar surface area (TPSA) is 60.9 Å². The van der Waals surface area contributed by atoms with E-state index in [1.54, 1.807) is 17.0 Å². The second-order valence-electron chi connectivity index (χ2n) is 11.1. The van der Waals surface area contributed by atoms with E-state index in [2.05, 4.69) is 51.7 Å². The van der Waals surface area contributed by atoms with Gasteiger partial charge in [0.15, 0.2) is 0 Å². The summed E-state index contributed by atoms with van der Waals surface area (Å²) in [5.74, 6) is -1.25. The quantitative estimate of drug-likeness (QED) is 0.199. The van der Waals surface area contributed by atoms with Crippen molar-refractivity contribution in [3.63, 3.8) is 0 Å². The minimum atomic E-state index is -0.611. The zero-order valence-electron chi connectivity index (χ0n) is 23.3. The van der Waals surface area contributed by atoms with Crippen LogP contribution in [0.25, 0.3) is 5.76 Å². The van der Waals surface area contributed by atoms with Gasteiger partial charge in [0.25, 0.3) is 11.7 Å². The fourth-order valence-corrected chi connectivity index (χ4v) is 4.94. The Morgan fingerprint density at radius 3 is 1.97 bits per heavy atom. The molecule has 0 bridgehead atoms. The van der Waals surface area contributed by atoms with Gasteiger partial charge in [-0.3, -0.25) is 9.59 Å². The first-order valence-electron chi connectivity index (χ1n) is 13.9. The average Bonchev–Trinajstić information content (AvgIpc) is 3.14. The van der Waals surface area contributed by atoms with E-state index in [0.29, 0.717) is 12.1 Å². The molecule has 1 amide bonds. The summed E-state index contributed by atoms with van der Waals surface area (Å²) in [4.78, 5) is 30.7. The van der Waals surface area contributed by atoms with Crippen LogP contribution in [0, 0.1) is 0 Å². The summed E-state index contributed by atoms with van der Waals surface area (Å²) in [6.07, 6.45) is 5.40. The zero-order chi connectivity index (χ0) is 27.0. The molecular formula is C32H44N2O3. The highest BCUT2D eigenvalue weighted by molar-refractivity contribution is 6.46. The predicted octanol–water partition coefficient (Wildman–Crippen LogP) is 6.70. The summed E-state index contributed by atoms with van der Waals surface area (Å²) in [7, 11) is 0. The van der Waals surface area contributed by atoms with Crippen LogP contribution in [0.5, 0.6) is 0 Å². The first-order valence-corrected chi connectivity index (χ1v) is 13.9.